The molecule has 0 unspecified atom stereocenters. The van der Waals surface area contributed by atoms with Crippen LogP contribution in [0.1, 0.15) is 54.1 Å². The molecule has 152 valence electrons. The van der Waals surface area contributed by atoms with Crippen LogP contribution in [0.5, 0.6) is 5.75 Å². The number of phenolic OH excluding ortho intramolecular Hbond substituents is 1. The highest BCUT2D eigenvalue weighted by Crippen LogP contribution is 2.30. The maximum Gasteiger partial charge on any atom is 0.193 e. The number of phenols is 1. The standard InChI is InChI=1S/C20H28N6O.HI/c1-21-20(26-10-8-15(9-11-26)19-23-13-24-25-19)22-12-17-16-5-3-2-4-14(16)6-7-18(17)27;/h6-7,13,15,27H,2-5,8-12H2,1H3,(H,21,22)(H,23,24,25);1H. The minimum atomic E-state index is 0. The van der Waals surface area contributed by atoms with E-state index < -0.39 is 0 Å². The van der Waals surface area contributed by atoms with E-state index in [1.807, 2.05) is 13.1 Å². The maximum absolute atomic E-state index is 10.4. The zero-order valence-corrected chi connectivity index (χ0v) is 18.6. The van der Waals surface area contributed by atoms with Crippen LogP contribution in [0.15, 0.2) is 23.5 Å². The Labute approximate surface area is 183 Å². The number of aromatic hydroxyl groups is 1. The van der Waals surface area contributed by atoms with Gasteiger partial charge in [-0.25, -0.2) is 4.98 Å². The molecule has 0 saturated carbocycles. The van der Waals surface area contributed by atoms with Crippen molar-refractivity contribution in [2.24, 2.45) is 4.99 Å². The van der Waals surface area contributed by atoms with Gasteiger partial charge in [0.1, 0.15) is 17.9 Å². The van der Waals surface area contributed by atoms with E-state index in [2.05, 4.69) is 36.5 Å². The molecular formula is C20H29IN6O. The van der Waals surface area contributed by atoms with Crippen LogP contribution in [0, 0.1) is 0 Å². The van der Waals surface area contributed by atoms with E-state index in [0.717, 1.165) is 56.1 Å². The lowest BCUT2D eigenvalue weighted by atomic mass is 9.88. The number of rotatable bonds is 3. The van der Waals surface area contributed by atoms with Gasteiger partial charge in [0, 0.05) is 38.2 Å². The number of nitrogens with one attached hydrogen (secondary N) is 2. The molecule has 0 amide bonds. The molecule has 28 heavy (non-hydrogen) atoms. The van der Waals surface area contributed by atoms with E-state index >= 15 is 0 Å². The number of guanidine groups is 1. The zero-order valence-electron chi connectivity index (χ0n) is 16.3. The minimum Gasteiger partial charge on any atom is -0.508 e. The molecule has 0 spiro atoms. The number of aromatic nitrogens is 3. The number of H-pyrrole nitrogens is 1. The minimum absolute atomic E-state index is 0. The topological polar surface area (TPSA) is 89.4 Å². The number of aromatic amines is 1. The molecular weight excluding hydrogens is 467 g/mol. The van der Waals surface area contributed by atoms with Gasteiger partial charge in [-0.15, -0.1) is 24.0 Å². The number of aliphatic imine (C=N–C) groups is 1. The average molecular weight is 496 g/mol. The van der Waals surface area contributed by atoms with Crippen molar-refractivity contribution in [2.45, 2.75) is 51.0 Å². The van der Waals surface area contributed by atoms with E-state index in [1.165, 1.54) is 24.0 Å². The SMILES string of the molecule is CN=C(NCc1c(O)ccc2c1CCCC2)N1CCC(c2ncn[nH]2)CC1.I. The molecule has 0 atom stereocenters. The summed E-state index contributed by atoms with van der Waals surface area (Å²) in [6.45, 7) is 2.48. The van der Waals surface area contributed by atoms with Crippen LogP contribution in [-0.4, -0.2) is 51.3 Å². The van der Waals surface area contributed by atoms with Crippen molar-refractivity contribution in [1.82, 2.24) is 25.4 Å². The number of halogens is 1. The van der Waals surface area contributed by atoms with Crippen molar-refractivity contribution in [1.29, 1.82) is 0 Å². The van der Waals surface area contributed by atoms with Gasteiger partial charge in [0.05, 0.1) is 0 Å². The monoisotopic (exact) mass is 496 g/mol. The second-order valence-corrected chi connectivity index (χ2v) is 7.44. The lowest BCUT2D eigenvalue weighted by Crippen LogP contribution is -2.45. The molecule has 2 aliphatic rings. The van der Waals surface area contributed by atoms with Gasteiger partial charge in [-0.1, -0.05) is 6.07 Å². The van der Waals surface area contributed by atoms with Crippen LogP contribution in [-0.2, 0) is 19.4 Å². The Balaban J connectivity index is 0.00000225. The lowest BCUT2D eigenvalue weighted by molar-refractivity contribution is 0.298. The summed E-state index contributed by atoms with van der Waals surface area (Å²) >= 11 is 0. The first kappa shape index (κ1) is 20.9. The van der Waals surface area contributed by atoms with Gasteiger partial charge in [-0.3, -0.25) is 10.1 Å². The molecule has 0 radical (unpaired) electrons. The van der Waals surface area contributed by atoms with Gasteiger partial charge in [0.25, 0.3) is 0 Å². The van der Waals surface area contributed by atoms with Crippen molar-refractivity contribution < 1.29 is 5.11 Å². The Bertz CT molecular complexity index is 799. The Hall–Kier alpha value is -1.84. The van der Waals surface area contributed by atoms with Crippen LogP contribution in [0.3, 0.4) is 0 Å². The number of hydrogen-bond donors (Lipinski definition) is 3. The normalized spacial score (nSPS) is 17.8. The van der Waals surface area contributed by atoms with Crippen molar-refractivity contribution >= 4 is 29.9 Å². The molecule has 1 aliphatic heterocycles. The number of hydrogen-bond acceptors (Lipinski definition) is 4. The van der Waals surface area contributed by atoms with E-state index in [-0.39, 0.29) is 24.0 Å². The summed E-state index contributed by atoms with van der Waals surface area (Å²) in [5, 5.41) is 20.8. The van der Waals surface area contributed by atoms with Crippen molar-refractivity contribution in [3.8, 4) is 5.75 Å². The number of benzene rings is 1. The summed E-state index contributed by atoms with van der Waals surface area (Å²) in [6.07, 6.45) is 8.26. The number of nitrogens with zero attached hydrogens (tertiary/aromatic N) is 4. The fourth-order valence-corrected chi connectivity index (χ4v) is 4.37. The molecule has 1 saturated heterocycles. The highest BCUT2D eigenvalue weighted by Gasteiger charge is 2.25. The van der Waals surface area contributed by atoms with Gasteiger partial charge < -0.3 is 15.3 Å². The van der Waals surface area contributed by atoms with Gasteiger partial charge in [-0.05, 0) is 55.7 Å². The largest absolute Gasteiger partial charge is 0.508 e. The van der Waals surface area contributed by atoms with Crippen LogP contribution < -0.4 is 5.32 Å². The van der Waals surface area contributed by atoms with Crippen molar-refractivity contribution in [3.05, 3.63) is 41.0 Å². The van der Waals surface area contributed by atoms with E-state index in [4.69, 9.17) is 0 Å². The number of piperidine rings is 1. The zero-order chi connectivity index (χ0) is 18.6. The average Bonchev–Trinajstić information content (AvgIpc) is 3.25. The molecule has 4 rings (SSSR count). The third kappa shape index (κ3) is 4.42. The number of aryl methyl sites for hydroxylation is 1. The molecule has 7 nitrogen and oxygen atoms in total. The van der Waals surface area contributed by atoms with Crippen LogP contribution in [0.2, 0.25) is 0 Å². The maximum atomic E-state index is 10.4. The molecule has 1 aromatic carbocycles. The van der Waals surface area contributed by atoms with Crippen LogP contribution in [0.25, 0.3) is 0 Å². The fourth-order valence-electron chi connectivity index (χ4n) is 4.37. The summed E-state index contributed by atoms with van der Waals surface area (Å²) < 4.78 is 0. The lowest BCUT2D eigenvalue weighted by Gasteiger charge is -2.33. The first-order chi connectivity index (χ1) is 13.3. The second-order valence-electron chi connectivity index (χ2n) is 7.44. The van der Waals surface area contributed by atoms with Crippen LogP contribution in [0.4, 0.5) is 0 Å². The van der Waals surface area contributed by atoms with E-state index in [1.54, 1.807) is 6.33 Å². The highest BCUT2D eigenvalue weighted by atomic mass is 127. The summed E-state index contributed by atoms with van der Waals surface area (Å²) in [4.78, 5) is 11.1. The third-order valence-corrected chi connectivity index (χ3v) is 5.88. The molecule has 2 aromatic rings. The smallest absolute Gasteiger partial charge is 0.193 e. The Morgan fingerprint density at radius 1 is 1.29 bits per heavy atom. The summed E-state index contributed by atoms with van der Waals surface area (Å²) in [6, 6.07) is 3.92. The molecule has 0 bridgehead atoms. The Morgan fingerprint density at radius 3 is 2.79 bits per heavy atom. The first-order valence-electron chi connectivity index (χ1n) is 9.89. The fraction of sp³-hybridized carbons (Fsp3) is 0.550. The molecule has 1 aliphatic carbocycles. The summed E-state index contributed by atoms with van der Waals surface area (Å²) in [7, 11) is 1.82. The van der Waals surface area contributed by atoms with Gasteiger partial charge in [0.15, 0.2) is 5.96 Å². The second kappa shape index (κ2) is 9.58. The van der Waals surface area contributed by atoms with Crippen molar-refractivity contribution in [3.63, 3.8) is 0 Å². The third-order valence-electron chi connectivity index (χ3n) is 5.88. The molecule has 1 aromatic heterocycles. The first-order valence-corrected chi connectivity index (χ1v) is 9.89. The molecule has 2 heterocycles. The molecule has 8 heteroatoms. The summed E-state index contributed by atoms with van der Waals surface area (Å²) in [5.74, 6) is 2.71. The van der Waals surface area contributed by atoms with Crippen LogP contribution >= 0.6 is 24.0 Å². The Morgan fingerprint density at radius 2 is 2.07 bits per heavy atom. The predicted molar refractivity (Wildman–Crippen MR) is 120 cm³/mol. The molecule has 3 N–H and O–H groups in total. The highest BCUT2D eigenvalue weighted by molar-refractivity contribution is 14.0. The predicted octanol–water partition coefficient (Wildman–Crippen LogP) is 2.96. The Kier molecular flexibility index (Phi) is 7.14. The molecule has 1 fully saturated rings. The summed E-state index contributed by atoms with van der Waals surface area (Å²) in [5.41, 5.74) is 3.75. The van der Waals surface area contributed by atoms with E-state index in [9.17, 15) is 5.11 Å². The number of likely N-dealkylation sites (tertiary alicyclic amines) is 1. The van der Waals surface area contributed by atoms with Gasteiger partial charge >= 0.3 is 0 Å². The van der Waals surface area contributed by atoms with E-state index in [0.29, 0.717) is 18.2 Å². The number of fused-ring (bicyclic) bond motifs is 1. The van der Waals surface area contributed by atoms with Gasteiger partial charge in [-0.2, -0.15) is 5.10 Å². The van der Waals surface area contributed by atoms with Gasteiger partial charge in [0.2, 0.25) is 0 Å². The quantitative estimate of drug-likeness (QED) is 0.346. The van der Waals surface area contributed by atoms with Crippen molar-refractivity contribution in [2.75, 3.05) is 20.1 Å².